The molecule has 0 aromatic rings. The van der Waals surface area contributed by atoms with Gasteiger partial charge in [-0.15, -0.1) is 0 Å². The molecule has 6 heteroatoms. The highest BCUT2D eigenvalue weighted by molar-refractivity contribution is 5.77. The first-order chi connectivity index (χ1) is 7.37. The molecule has 0 radical (unpaired) electrons. The van der Waals surface area contributed by atoms with Crippen LogP contribution in [0.25, 0.3) is 0 Å². The normalized spacial score (nSPS) is 11.6. The van der Waals surface area contributed by atoms with E-state index in [-0.39, 0.29) is 18.9 Å². The maximum atomic E-state index is 11.8. The molecule has 0 fully saturated rings. The van der Waals surface area contributed by atoms with Crippen molar-refractivity contribution in [2.24, 2.45) is 0 Å². The number of halogens is 3. The summed E-state index contributed by atoms with van der Waals surface area (Å²) in [7, 11) is 1.69. The molecular weight excluding hydrogens is 221 g/mol. The van der Waals surface area contributed by atoms with Crippen LogP contribution in [0.2, 0.25) is 0 Å². The first-order valence-corrected chi connectivity index (χ1v) is 5.38. The van der Waals surface area contributed by atoms with Crippen molar-refractivity contribution in [3.8, 4) is 0 Å². The number of likely N-dealkylation sites (N-methyl/N-ethyl adjacent to an activating group) is 1. The number of hydrogen-bond acceptors (Lipinski definition) is 2. The van der Waals surface area contributed by atoms with Crippen LogP contribution in [0.3, 0.4) is 0 Å². The summed E-state index contributed by atoms with van der Waals surface area (Å²) in [5.41, 5.74) is 0. The van der Waals surface area contributed by atoms with Crippen molar-refractivity contribution >= 4 is 5.91 Å². The van der Waals surface area contributed by atoms with Gasteiger partial charge in [0, 0.05) is 20.0 Å². The standard InChI is InChI=1S/C10H19F3N2O/c1-3-15(2)9(16)8-14-7-5-4-6-10(11,12)13/h14H,3-8H2,1-2H3. The Bertz CT molecular complexity index is 207. The zero-order valence-corrected chi connectivity index (χ0v) is 9.73. The Morgan fingerprint density at radius 1 is 1.31 bits per heavy atom. The van der Waals surface area contributed by atoms with E-state index in [0.717, 1.165) is 0 Å². The van der Waals surface area contributed by atoms with Gasteiger partial charge in [0.1, 0.15) is 0 Å². The van der Waals surface area contributed by atoms with Crippen LogP contribution in [0.15, 0.2) is 0 Å². The predicted molar refractivity (Wildman–Crippen MR) is 56.1 cm³/mol. The molecule has 0 aliphatic heterocycles. The number of nitrogens with one attached hydrogen (secondary N) is 1. The minimum Gasteiger partial charge on any atom is -0.345 e. The highest BCUT2D eigenvalue weighted by atomic mass is 19.4. The summed E-state index contributed by atoms with van der Waals surface area (Å²) in [6, 6.07) is 0. The Morgan fingerprint density at radius 2 is 1.94 bits per heavy atom. The van der Waals surface area contributed by atoms with Gasteiger partial charge in [-0.3, -0.25) is 4.79 Å². The average molecular weight is 240 g/mol. The summed E-state index contributed by atoms with van der Waals surface area (Å²) in [5.74, 6) is -0.0432. The molecular formula is C10H19F3N2O. The van der Waals surface area contributed by atoms with Crippen molar-refractivity contribution in [3.63, 3.8) is 0 Å². The molecule has 0 rings (SSSR count). The molecule has 0 bridgehead atoms. The van der Waals surface area contributed by atoms with Gasteiger partial charge in [0.2, 0.25) is 5.91 Å². The molecule has 0 saturated heterocycles. The largest absolute Gasteiger partial charge is 0.389 e. The molecule has 0 aliphatic carbocycles. The maximum absolute atomic E-state index is 11.8. The van der Waals surface area contributed by atoms with Crippen LogP contribution in [0.4, 0.5) is 13.2 Å². The van der Waals surface area contributed by atoms with Gasteiger partial charge < -0.3 is 10.2 Å². The van der Waals surface area contributed by atoms with Crippen LogP contribution in [0, 0.1) is 0 Å². The number of rotatable bonds is 7. The van der Waals surface area contributed by atoms with Crippen LogP contribution in [0.1, 0.15) is 26.2 Å². The lowest BCUT2D eigenvalue weighted by Gasteiger charge is -2.14. The molecule has 0 atom stereocenters. The molecule has 1 N–H and O–H groups in total. The van der Waals surface area contributed by atoms with E-state index in [9.17, 15) is 18.0 Å². The highest BCUT2D eigenvalue weighted by Gasteiger charge is 2.25. The second kappa shape index (κ2) is 7.49. The van der Waals surface area contributed by atoms with Crippen LogP contribution < -0.4 is 5.32 Å². The Morgan fingerprint density at radius 3 is 2.44 bits per heavy atom. The average Bonchev–Trinajstić information content (AvgIpc) is 2.20. The lowest BCUT2D eigenvalue weighted by Crippen LogP contribution is -2.35. The van der Waals surface area contributed by atoms with Crippen molar-refractivity contribution < 1.29 is 18.0 Å². The first-order valence-electron chi connectivity index (χ1n) is 5.38. The van der Waals surface area contributed by atoms with Gasteiger partial charge in [-0.2, -0.15) is 13.2 Å². The van der Waals surface area contributed by atoms with E-state index in [4.69, 9.17) is 0 Å². The van der Waals surface area contributed by atoms with Crippen LogP contribution in [-0.4, -0.2) is 43.7 Å². The molecule has 0 unspecified atom stereocenters. The minimum absolute atomic E-state index is 0.0432. The van der Waals surface area contributed by atoms with Crippen molar-refractivity contribution in [1.82, 2.24) is 10.2 Å². The zero-order valence-electron chi connectivity index (χ0n) is 9.73. The monoisotopic (exact) mass is 240 g/mol. The van der Waals surface area contributed by atoms with Gasteiger partial charge in [0.05, 0.1) is 6.54 Å². The molecule has 0 spiro atoms. The number of unbranched alkanes of at least 4 members (excludes halogenated alkanes) is 1. The highest BCUT2D eigenvalue weighted by Crippen LogP contribution is 2.21. The SMILES string of the molecule is CCN(C)C(=O)CNCCCCC(F)(F)F. The van der Waals surface area contributed by atoms with Crippen LogP contribution in [-0.2, 0) is 4.79 Å². The third-order valence-corrected chi connectivity index (χ3v) is 2.24. The van der Waals surface area contributed by atoms with Gasteiger partial charge in [0.25, 0.3) is 0 Å². The number of carbonyl (C=O) groups excluding carboxylic acids is 1. The summed E-state index contributed by atoms with van der Waals surface area (Å²) in [4.78, 5) is 12.8. The Kier molecular flexibility index (Phi) is 7.12. The molecule has 96 valence electrons. The Hall–Kier alpha value is -0.780. The first kappa shape index (κ1) is 15.2. The lowest BCUT2D eigenvalue weighted by molar-refractivity contribution is -0.135. The Labute approximate surface area is 94.0 Å². The van der Waals surface area contributed by atoms with Crippen LogP contribution >= 0.6 is 0 Å². The molecule has 0 aliphatic rings. The predicted octanol–water partition coefficient (Wildman–Crippen LogP) is 1.79. The molecule has 0 heterocycles. The smallest absolute Gasteiger partial charge is 0.345 e. The van der Waals surface area contributed by atoms with E-state index in [1.165, 1.54) is 0 Å². The third-order valence-electron chi connectivity index (χ3n) is 2.24. The molecule has 16 heavy (non-hydrogen) atoms. The van der Waals surface area contributed by atoms with Crippen molar-refractivity contribution in [2.45, 2.75) is 32.4 Å². The summed E-state index contributed by atoms with van der Waals surface area (Å²) < 4.78 is 35.3. The van der Waals surface area contributed by atoms with E-state index in [0.29, 0.717) is 19.5 Å². The Balaban J connectivity index is 3.37. The van der Waals surface area contributed by atoms with Crippen molar-refractivity contribution in [3.05, 3.63) is 0 Å². The third kappa shape index (κ3) is 8.52. The van der Waals surface area contributed by atoms with Crippen molar-refractivity contribution in [1.29, 1.82) is 0 Å². The van der Waals surface area contributed by atoms with Crippen molar-refractivity contribution in [2.75, 3.05) is 26.7 Å². The molecule has 0 aromatic heterocycles. The second-order valence-corrected chi connectivity index (χ2v) is 3.66. The van der Waals surface area contributed by atoms with E-state index in [2.05, 4.69) is 5.32 Å². The minimum atomic E-state index is -4.07. The topological polar surface area (TPSA) is 32.3 Å². The van der Waals surface area contributed by atoms with E-state index < -0.39 is 12.6 Å². The summed E-state index contributed by atoms with van der Waals surface area (Å²) in [5, 5.41) is 2.83. The quantitative estimate of drug-likeness (QED) is 0.688. The molecule has 0 aromatic carbocycles. The summed E-state index contributed by atoms with van der Waals surface area (Å²) >= 11 is 0. The zero-order chi connectivity index (χ0) is 12.6. The van der Waals surface area contributed by atoms with Gasteiger partial charge >= 0.3 is 6.18 Å². The van der Waals surface area contributed by atoms with E-state index >= 15 is 0 Å². The number of hydrogen-bond donors (Lipinski definition) is 1. The number of carbonyl (C=O) groups is 1. The van der Waals surface area contributed by atoms with E-state index in [1.807, 2.05) is 6.92 Å². The van der Waals surface area contributed by atoms with E-state index in [1.54, 1.807) is 11.9 Å². The lowest BCUT2D eigenvalue weighted by atomic mass is 10.2. The fraction of sp³-hybridized carbons (Fsp3) is 0.900. The molecule has 0 saturated carbocycles. The van der Waals surface area contributed by atoms with Gasteiger partial charge in [-0.05, 0) is 26.3 Å². The molecule has 1 amide bonds. The fourth-order valence-corrected chi connectivity index (χ4v) is 1.08. The fourth-order valence-electron chi connectivity index (χ4n) is 1.08. The number of nitrogens with zero attached hydrogens (tertiary/aromatic N) is 1. The second-order valence-electron chi connectivity index (χ2n) is 3.66. The van der Waals surface area contributed by atoms with Gasteiger partial charge in [-0.1, -0.05) is 0 Å². The maximum Gasteiger partial charge on any atom is 0.389 e. The molecule has 3 nitrogen and oxygen atoms in total. The number of amides is 1. The summed E-state index contributed by atoms with van der Waals surface area (Å²) in [6.07, 6.45) is -4.29. The summed E-state index contributed by atoms with van der Waals surface area (Å²) in [6.45, 7) is 3.13. The van der Waals surface area contributed by atoms with Crippen LogP contribution in [0.5, 0.6) is 0 Å². The van der Waals surface area contributed by atoms with Gasteiger partial charge in [0.15, 0.2) is 0 Å². The number of alkyl halides is 3. The van der Waals surface area contributed by atoms with Gasteiger partial charge in [-0.25, -0.2) is 0 Å².